The van der Waals surface area contributed by atoms with Crippen LogP contribution in [-0.2, 0) is 12.3 Å². The van der Waals surface area contributed by atoms with Gasteiger partial charge in [0.1, 0.15) is 0 Å². The molecule has 0 aliphatic heterocycles. The zero-order valence-corrected chi connectivity index (χ0v) is 23.7. The highest BCUT2D eigenvalue weighted by molar-refractivity contribution is 6.81. The molecule has 0 heterocycles. The fourth-order valence-corrected chi connectivity index (χ4v) is 18.8. The molecule has 0 aliphatic rings. The van der Waals surface area contributed by atoms with Crippen molar-refractivity contribution in [1.29, 1.82) is 0 Å². The van der Waals surface area contributed by atoms with Crippen molar-refractivity contribution in [2.45, 2.75) is 68.5 Å². The Morgan fingerprint density at radius 3 is 1.10 bits per heavy atom. The summed E-state index contributed by atoms with van der Waals surface area (Å²) >= 11 is 0. The molecule has 0 amide bonds. The second kappa shape index (κ2) is 18.9. The standard InChI is InChI=1S/C23H44O3Si4/c1-8-15-16-23-30(24-27(17-9-2)18-10-3,25-28(19-11-4)20-12-5)26-29(21-13-6)22-14-7/h9-14,27-29H,2-8,15-23H2,1H3. The second-order valence-electron chi connectivity index (χ2n) is 7.51. The van der Waals surface area contributed by atoms with Crippen LogP contribution in [-0.4, -0.2) is 35.9 Å². The number of hydrogen-bond acceptors (Lipinski definition) is 3. The van der Waals surface area contributed by atoms with Crippen LogP contribution in [0.5, 0.6) is 0 Å². The lowest BCUT2D eigenvalue weighted by Gasteiger charge is -2.38. The molecule has 0 saturated heterocycles. The van der Waals surface area contributed by atoms with Crippen molar-refractivity contribution in [2.24, 2.45) is 0 Å². The van der Waals surface area contributed by atoms with E-state index in [-0.39, 0.29) is 0 Å². The highest BCUT2D eigenvalue weighted by Crippen LogP contribution is 2.28. The Labute approximate surface area is 192 Å². The van der Waals surface area contributed by atoms with Gasteiger partial charge in [0, 0.05) is 6.04 Å². The van der Waals surface area contributed by atoms with E-state index in [9.17, 15) is 0 Å². The zero-order chi connectivity index (χ0) is 22.7. The van der Waals surface area contributed by atoms with Gasteiger partial charge in [-0.05, 0) is 42.7 Å². The summed E-state index contributed by atoms with van der Waals surface area (Å²) in [5, 5.41) is 0. The summed E-state index contributed by atoms with van der Waals surface area (Å²) in [4.78, 5) is 0. The second-order valence-corrected chi connectivity index (χ2v) is 18.8. The maximum atomic E-state index is 6.94. The van der Waals surface area contributed by atoms with Crippen LogP contribution in [0.4, 0.5) is 0 Å². The van der Waals surface area contributed by atoms with Crippen molar-refractivity contribution < 1.29 is 12.3 Å². The summed E-state index contributed by atoms with van der Waals surface area (Å²) in [6.45, 7) is 25.9. The monoisotopic (exact) mass is 480 g/mol. The van der Waals surface area contributed by atoms with Gasteiger partial charge >= 0.3 is 8.80 Å². The first kappa shape index (κ1) is 29.2. The van der Waals surface area contributed by atoms with Crippen molar-refractivity contribution in [1.82, 2.24) is 0 Å². The van der Waals surface area contributed by atoms with Gasteiger partial charge in [0.25, 0.3) is 0 Å². The Hall–Kier alpha value is -0.812. The molecule has 170 valence electrons. The SMILES string of the molecule is C=CC[SiH](CC=C)O[Si](CCCCC)(O[SiH](CC=C)CC=C)O[SiH](CC=C)CC=C. The minimum Gasteiger partial charge on any atom is -0.419 e. The molecule has 0 bridgehead atoms. The number of rotatable bonds is 22. The van der Waals surface area contributed by atoms with Gasteiger partial charge in [0.05, 0.1) is 0 Å². The quantitative estimate of drug-likeness (QED) is 0.101. The number of hydrogen-bond donors (Lipinski definition) is 0. The molecule has 0 aromatic carbocycles. The van der Waals surface area contributed by atoms with E-state index in [1.165, 1.54) is 0 Å². The first-order chi connectivity index (χ1) is 14.5. The topological polar surface area (TPSA) is 27.7 Å². The molecule has 0 fully saturated rings. The van der Waals surface area contributed by atoms with Crippen molar-refractivity contribution in [2.75, 3.05) is 0 Å². The van der Waals surface area contributed by atoms with Gasteiger partial charge in [-0.15, -0.1) is 39.5 Å². The molecular weight excluding hydrogens is 437 g/mol. The molecule has 0 aromatic heterocycles. The van der Waals surface area contributed by atoms with Gasteiger partial charge in [-0.25, -0.2) is 0 Å². The summed E-state index contributed by atoms with van der Waals surface area (Å²) in [7, 11) is -7.62. The van der Waals surface area contributed by atoms with Gasteiger partial charge in [-0.3, -0.25) is 0 Å². The largest absolute Gasteiger partial charge is 0.469 e. The number of unbranched alkanes of at least 4 members (excludes halogenated alkanes) is 2. The van der Waals surface area contributed by atoms with Crippen LogP contribution >= 0.6 is 0 Å². The molecule has 0 saturated carbocycles. The molecule has 30 heavy (non-hydrogen) atoms. The van der Waals surface area contributed by atoms with E-state index >= 15 is 0 Å². The van der Waals surface area contributed by atoms with Gasteiger partial charge in [-0.2, -0.15) is 0 Å². The van der Waals surface area contributed by atoms with Crippen molar-refractivity contribution in [3.63, 3.8) is 0 Å². The highest BCUT2D eigenvalue weighted by atomic mass is 28.5. The Bertz CT molecular complexity index is 430. The van der Waals surface area contributed by atoms with E-state index in [4.69, 9.17) is 12.3 Å². The minimum absolute atomic E-state index is 0.883. The third-order valence-corrected chi connectivity index (χ3v) is 19.1. The van der Waals surface area contributed by atoms with E-state index < -0.39 is 35.9 Å². The lowest BCUT2D eigenvalue weighted by Crippen LogP contribution is -2.55. The molecular formula is C23H44O3Si4. The van der Waals surface area contributed by atoms with Gasteiger partial charge in [-0.1, -0.05) is 56.2 Å². The maximum absolute atomic E-state index is 6.94. The van der Waals surface area contributed by atoms with E-state index in [0.29, 0.717) is 0 Å². The fourth-order valence-electron chi connectivity index (χ4n) is 3.31. The fraction of sp³-hybridized carbons (Fsp3) is 0.478. The number of allylic oxidation sites excluding steroid dienone is 6. The molecule has 0 rings (SSSR count). The lowest BCUT2D eigenvalue weighted by atomic mass is 10.3. The van der Waals surface area contributed by atoms with Crippen LogP contribution < -0.4 is 0 Å². The summed E-state index contributed by atoms with van der Waals surface area (Å²) < 4.78 is 20.8. The summed E-state index contributed by atoms with van der Waals surface area (Å²) in [5.41, 5.74) is 0. The van der Waals surface area contributed by atoms with Gasteiger partial charge in [0.15, 0.2) is 27.1 Å². The Morgan fingerprint density at radius 1 is 0.567 bits per heavy atom. The van der Waals surface area contributed by atoms with Crippen LogP contribution in [0.1, 0.15) is 26.2 Å². The lowest BCUT2D eigenvalue weighted by molar-refractivity contribution is 0.261. The van der Waals surface area contributed by atoms with Crippen LogP contribution in [0.2, 0.25) is 42.3 Å². The maximum Gasteiger partial charge on any atom is 0.469 e. The van der Waals surface area contributed by atoms with Crippen molar-refractivity contribution >= 4 is 35.9 Å². The minimum atomic E-state index is -2.85. The summed E-state index contributed by atoms with van der Waals surface area (Å²) in [6.07, 6.45) is 15.2. The van der Waals surface area contributed by atoms with E-state index in [1.807, 2.05) is 36.5 Å². The van der Waals surface area contributed by atoms with E-state index in [0.717, 1.165) is 61.6 Å². The van der Waals surface area contributed by atoms with Gasteiger partial charge in [0.2, 0.25) is 0 Å². The molecule has 0 aromatic rings. The molecule has 7 heteroatoms. The van der Waals surface area contributed by atoms with Gasteiger partial charge < -0.3 is 12.3 Å². The third-order valence-electron chi connectivity index (χ3n) is 4.70. The Morgan fingerprint density at radius 2 is 0.867 bits per heavy atom. The molecule has 0 atom stereocenters. The summed E-state index contributed by atoms with van der Waals surface area (Å²) in [5.74, 6) is 0. The molecule has 0 radical (unpaired) electrons. The van der Waals surface area contributed by atoms with E-state index in [2.05, 4.69) is 46.4 Å². The molecule has 3 nitrogen and oxygen atoms in total. The Kier molecular flexibility index (Phi) is 18.4. The van der Waals surface area contributed by atoms with Crippen molar-refractivity contribution in [3.05, 3.63) is 75.9 Å². The average molecular weight is 481 g/mol. The first-order valence-electron chi connectivity index (χ1n) is 11.2. The van der Waals surface area contributed by atoms with Crippen molar-refractivity contribution in [3.8, 4) is 0 Å². The first-order valence-corrected chi connectivity index (χ1v) is 19.5. The van der Waals surface area contributed by atoms with Crippen LogP contribution in [0.25, 0.3) is 0 Å². The van der Waals surface area contributed by atoms with Crippen LogP contribution in [0.3, 0.4) is 0 Å². The predicted octanol–water partition coefficient (Wildman–Crippen LogP) is 6.45. The molecule has 0 unspecified atom stereocenters. The molecule has 0 aliphatic carbocycles. The Balaban J connectivity index is 6.01. The van der Waals surface area contributed by atoms with E-state index in [1.54, 1.807) is 0 Å². The summed E-state index contributed by atoms with van der Waals surface area (Å²) in [6, 6.07) is 6.25. The molecule has 0 N–H and O–H groups in total. The predicted molar refractivity (Wildman–Crippen MR) is 145 cm³/mol. The smallest absolute Gasteiger partial charge is 0.419 e. The highest BCUT2D eigenvalue weighted by Gasteiger charge is 2.45. The van der Waals surface area contributed by atoms with Crippen LogP contribution in [0, 0.1) is 0 Å². The normalized spacial score (nSPS) is 11.6. The van der Waals surface area contributed by atoms with Crippen LogP contribution in [0.15, 0.2) is 75.9 Å². The third kappa shape index (κ3) is 12.8. The zero-order valence-electron chi connectivity index (χ0n) is 19.2. The average Bonchev–Trinajstić information content (AvgIpc) is 2.69. The molecule has 0 spiro atoms.